The molecule has 0 radical (unpaired) electrons. The van der Waals surface area contributed by atoms with Gasteiger partial charge < -0.3 is 15.3 Å². The predicted molar refractivity (Wildman–Crippen MR) is 76.5 cm³/mol. The molecule has 4 heteroatoms. The molecule has 0 unspecified atom stereocenters. The molecular weight excluding hydrogens is 280 g/mol. The molecule has 3 nitrogen and oxygen atoms in total. The van der Waals surface area contributed by atoms with E-state index in [9.17, 15) is 0 Å². The minimum absolute atomic E-state index is 0.185. The quantitative estimate of drug-likeness (QED) is 0.811. The van der Waals surface area contributed by atoms with Gasteiger partial charge in [0.15, 0.2) is 0 Å². The van der Waals surface area contributed by atoms with Crippen LogP contribution in [0.5, 0.6) is 0 Å². The molecule has 0 aliphatic heterocycles. The van der Waals surface area contributed by atoms with Gasteiger partial charge >= 0.3 is 0 Å². The minimum Gasteiger partial charge on any atom is -0.395 e. The molecule has 1 rings (SSSR count). The fourth-order valence-corrected chi connectivity index (χ4v) is 2.54. The standard InChI is InChI=1S/C13H21BrN2O/c1-3-6-16(7-8-17)13-5-4-11(10-15-2)9-12(13)14/h4-5,9,15,17H,3,6-8,10H2,1-2H3. The Morgan fingerprint density at radius 3 is 2.65 bits per heavy atom. The van der Waals surface area contributed by atoms with Crippen LogP contribution in [0, 0.1) is 0 Å². The monoisotopic (exact) mass is 300 g/mol. The topological polar surface area (TPSA) is 35.5 Å². The largest absolute Gasteiger partial charge is 0.395 e. The molecule has 0 aliphatic rings. The summed E-state index contributed by atoms with van der Waals surface area (Å²) in [5, 5.41) is 12.2. The highest BCUT2D eigenvalue weighted by Gasteiger charge is 2.09. The van der Waals surface area contributed by atoms with E-state index < -0.39 is 0 Å². The number of aliphatic hydroxyl groups is 1. The van der Waals surface area contributed by atoms with Gasteiger partial charge in [0.1, 0.15) is 0 Å². The molecule has 0 heterocycles. The number of anilines is 1. The number of aliphatic hydroxyl groups excluding tert-OH is 1. The Kier molecular flexibility index (Phi) is 6.55. The molecule has 2 N–H and O–H groups in total. The summed E-state index contributed by atoms with van der Waals surface area (Å²) in [4.78, 5) is 2.20. The Morgan fingerprint density at radius 2 is 2.12 bits per heavy atom. The van der Waals surface area contributed by atoms with Crippen LogP contribution in [0.2, 0.25) is 0 Å². The highest BCUT2D eigenvalue weighted by Crippen LogP contribution is 2.27. The van der Waals surface area contributed by atoms with E-state index in [0.29, 0.717) is 6.54 Å². The van der Waals surface area contributed by atoms with Gasteiger partial charge in [-0.2, -0.15) is 0 Å². The number of halogens is 1. The summed E-state index contributed by atoms with van der Waals surface area (Å²) in [6.07, 6.45) is 1.07. The van der Waals surface area contributed by atoms with E-state index in [1.165, 1.54) is 5.56 Å². The van der Waals surface area contributed by atoms with Crippen LogP contribution in [0.4, 0.5) is 5.69 Å². The molecule has 0 saturated heterocycles. The third-order valence-electron chi connectivity index (χ3n) is 2.60. The summed E-state index contributed by atoms with van der Waals surface area (Å²) >= 11 is 3.61. The van der Waals surface area contributed by atoms with Gasteiger partial charge in [0.2, 0.25) is 0 Å². The van der Waals surface area contributed by atoms with Crippen LogP contribution in [0.1, 0.15) is 18.9 Å². The molecule has 17 heavy (non-hydrogen) atoms. The van der Waals surface area contributed by atoms with E-state index in [1.807, 2.05) is 7.05 Å². The Hall–Kier alpha value is -0.580. The zero-order valence-corrected chi connectivity index (χ0v) is 12.1. The lowest BCUT2D eigenvalue weighted by molar-refractivity contribution is 0.302. The molecule has 0 aliphatic carbocycles. The molecular formula is C13H21BrN2O. The molecule has 1 aromatic rings. The molecule has 1 aromatic carbocycles. The van der Waals surface area contributed by atoms with Crippen molar-refractivity contribution in [2.75, 3.05) is 31.6 Å². The first-order valence-corrected chi connectivity index (χ1v) is 6.81. The molecule has 0 spiro atoms. The number of nitrogens with zero attached hydrogens (tertiary/aromatic N) is 1. The van der Waals surface area contributed by atoms with Gasteiger partial charge in [-0.3, -0.25) is 0 Å². The van der Waals surface area contributed by atoms with Gasteiger partial charge in [-0.15, -0.1) is 0 Å². The van der Waals surface area contributed by atoms with Gasteiger partial charge in [0.05, 0.1) is 12.3 Å². The van der Waals surface area contributed by atoms with Gasteiger partial charge in [0.25, 0.3) is 0 Å². The second kappa shape index (κ2) is 7.69. The van der Waals surface area contributed by atoms with Gasteiger partial charge in [-0.1, -0.05) is 13.0 Å². The van der Waals surface area contributed by atoms with Crippen molar-refractivity contribution in [1.29, 1.82) is 0 Å². The maximum Gasteiger partial charge on any atom is 0.0606 e. The summed E-state index contributed by atoms with van der Waals surface area (Å²) in [6.45, 7) is 4.84. The van der Waals surface area contributed by atoms with Crippen LogP contribution in [0.15, 0.2) is 22.7 Å². The molecule has 0 bridgehead atoms. The van der Waals surface area contributed by atoms with E-state index in [1.54, 1.807) is 0 Å². The molecule has 0 saturated carbocycles. The third kappa shape index (κ3) is 4.30. The lowest BCUT2D eigenvalue weighted by atomic mass is 10.2. The van der Waals surface area contributed by atoms with Crippen molar-refractivity contribution in [3.8, 4) is 0 Å². The average molecular weight is 301 g/mol. The highest BCUT2D eigenvalue weighted by molar-refractivity contribution is 9.10. The van der Waals surface area contributed by atoms with Gasteiger partial charge in [-0.25, -0.2) is 0 Å². The zero-order valence-electron chi connectivity index (χ0n) is 10.5. The Balaban J connectivity index is 2.87. The van der Waals surface area contributed by atoms with Crippen molar-refractivity contribution in [3.63, 3.8) is 0 Å². The van der Waals surface area contributed by atoms with Crippen molar-refractivity contribution in [2.24, 2.45) is 0 Å². The summed E-state index contributed by atoms with van der Waals surface area (Å²) in [6, 6.07) is 6.37. The second-order valence-corrected chi connectivity index (χ2v) is 4.88. The van der Waals surface area contributed by atoms with Crippen molar-refractivity contribution >= 4 is 21.6 Å². The first kappa shape index (κ1) is 14.5. The zero-order chi connectivity index (χ0) is 12.7. The molecule has 0 fully saturated rings. The van der Waals surface area contributed by atoms with Crippen LogP contribution in [0.25, 0.3) is 0 Å². The van der Waals surface area contributed by atoms with E-state index in [4.69, 9.17) is 5.11 Å². The lowest BCUT2D eigenvalue weighted by Gasteiger charge is -2.25. The van der Waals surface area contributed by atoms with Crippen molar-refractivity contribution in [3.05, 3.63) is 28.2 Å². The maximum atomic E-state index is 9.09. The van der Waals surface area contributed by atoms with Crippen molar-refractivity contribution in [1.82, 2.24) is 5.32 Å². The van der Waals surface area contributed by atoms with Crippen molar-refractivity contribution in [2.45, 2.75) is 19.9 Å². The maximum absolute atomic E-state index is 9.09. The van der Waals surface area contributed by atoms with Gasteiger partial charge in [0, 0.05) is 24.1 Å². The van der Waals surface area contributed by atoms with Crippen molar-refractivity contribution < 1.29 is 5.11 Å². The molecule has 0 amide bonds. The van der Waals surface area contributed by atoms with E-state index >= 15 is 0 Å². The number of benzene rings is 1. The fraction of sp³-hybridized carbons (Fsp3) is 0.538. The molecule has 0 atom stereocenters. The number of hydrogen-bond acceptors (Lipinski definition) is 3. The van der Waals surface area contributed by atoms with Crippen LogP contribution >= 0.6 is 15.9 Å². The minimum atomic E-state index is 0.185. The smallest absolute Gasteiger partial charge is 0.0606 e. The summed E-state index contributed by atoms with van der Waals surface area (Å²) in [5.41, 5.74) is 2.41. The normalized spacial score (nSPS) is 10.6. The van der Waals surface area contributed by atoms with Gasteiger partial charge in [-0.05, 0) is 47.1 Å². The second-order valence-electron chi connectivity index (χ2n) is 4.03. The summed E-state index contributed by atoms with van der Waals surface area (Å²) in [5.74, 6) is 0. The average Bonchev–Trinajstić information content (AvgIpc) is 2.29. The first-order chi connectivity index (χ1) is 8.22. The van der Waals surface area contributed by atoms with E-state index in [2.05, 4.69) is 51.3 Å². The fourth-order valence-electron chi connectivity index (χ4n) is 1.86. The van der Waals surface area contributed by atoms with Crippen LogP contribution < -0.4 is 10.2 Å². The third-order valence-corrected chi connectivity index (χ3v) is 3.23. The Morgan fingerprint density at radius 1 is 1.35 bits per heavy atom. The van der Waals surface area contributed by atoms with Crippen LogP contribution in [-0.4, -0.2) is 31.9 Å². The number of nitrogens with one attached hydrogen (secondary N) is 1. The van der Waals surface area contributed by atoms with E-state index in [0.717, 1.165) is 29.7 Å². The summed E-state index contributed by atoms with van der Waals surface area (Å²) in [7, 11) is 1.94. The lowest BCUT2D eigenvalue weighted by Crippen LogP contribution is -2.27. The number of hydrogen-bond donors (Lipinski definition) is 2. The van der Waals surface area contributed by atoms with E-state index in [-0.39, 0.29) is 6.61 Å². The Labute approximate surface area is 112 Å². The molecule has 96 valence electrons. The van der Waals surface area contributed by atoms with Crippen LogP contribution in [-0.2, 0) is 6.54 Å². The summed E-state index contributed by atoms with van der Waals surface area (Å²) < 4.78 is 1.09. The Bertz CT molecular complexity index is 338. The molecule has 0 aromatic heterocycles. The highest BCUT2D eigenvalue weighted by atomic mass is 79.9. The van der Waals surface area contributed by atoms with Crippen LogP contribution in [0.3, 0.4) is 0 Å². The first-order valence-electron chi connectivity index (χ1n) is 6.01. The predicted octanol–water partition coefficient (Wildman–Crippen LogP) is 2.38. The SMILES string of the molecule is CCCN(CCO)c1ccc(CNC)cc1Br. The number of rotatable bonds is 7.